The normalized spacial score (nSPS) is 0. The minimum atomic E-state index is 0. The average molecular weight is 561 g/mol. The molecule has 0 unspecified atom stereocenters. The van der Waals surface area contributed by atoms with E-state index < -0.39 is 0 Å². The van der Waals surface area contributed by atoms with Gasteiger partial charge in [-0.2, -0.15) is 0 Å². The van der Waals surface area contributed by atoms with Gasteiger partial charge in [-0.25, -0.2) is 0 Å². The number of rotatable bonds is 0. The Hall–Kier alpha value is 3.31. The van der Waals surface area contributed by atoms with Crippen LogP contribution in [-0.2, 0) is 0 Å². The Balaban J connectivity index is 0. The molecule has 0 saturated heterocycles. The Bertz CT molecular complexity index is 6.85. The third kappa shape index (κ3) is 18.8. The van der Waals surface area contributed by atoms with Gasteiger partial charge in [0, 0.05) is 0 Å². The van der Waals surface area contributed by atoms with Crippen LogP contribution in [0.5, 0.6) is 0 Å². The SMILES string of the molecule is [Bi+3].[In+3].[Se-2].[Se-2].[Se-2]. The van der Waals surface area contributed by atoms with Crippen LogP contribution in [0.2, 0.25) is 0 Å². The maximum Gasteiger partial charge on any atom is 3.00 e. The van der Waals surface area contributed by atoms with E-state index in [0.29, 0.717) is 0 Å². The van der Waals surface area contributed by atoms with Gasteiger partial charge in [-0.05, 0) is 0 Å². The predicted molar refractivity (Wildman–Crippen MR) is 28.8 cm³/mol. The van der Waals surface area contributed by atoms with E-state index >= 15 is 0 Å². The van der Waals surface area contributed by atoms with E-state index in [4.69, 9.17) is 0 Å². The van der Waals surface area contributed by atoms with Crippen molar-refractivity contribution in [3.05, 3.63) is 0 Å². The van der Waals surface area contributed by atoms with E-state index in [9.17, 15) is 0 Å². The Morgan fingerprint density at radius 1 is 0.600 bits per heavy atom. The predicted octanol–water partition coefficient (Wildman–Crippen LogP) is -1.90. The standard InChI is InChI=1S/Bi.In.3Se/q2*+3;3*-2. The van der Waals surface area contributed by atoms with E-state index in [1.807, 2.05) is 0 Å². The minimum absolute atomic E-state index is 0. The molecular weight excluding hydrogens is 561 g/mol. The zero-order valence-electron chi connectivity index (χ0n) is 2.25. The molecule has 0 atom stereocenters. The van der Waals surface area contributed by atoms with Crippen molar-refractivity contribution in [3.63, 3.8) is 0 Å². The molecule has 0 N–H and O–H groups in total. The first-order valence-electron chi connectivity index (χ1n) is 0. The Morgan fingerprint density at radius 3 is 0.600 bits per heavy atom. The van der Waals surface area contributed by atoms with Gasteiger partial charge in [-0.3, -0.25) is 0 Å². The largest absolute Gasteiger partial charge is 3.00 e. The third-order valence-corrected chi connectivity index (χ3v) is 0. The van der Waals surface area contributed by atoms with Crippen molar-refractivity contribution < 1.29 is 0 Å². The molecule has 2 radical (unpaired) electrons. The fourth-order valence-electron chi connectivity index (χ4n) is 0. The summed E-state index contributed by atoms with van der Waals surface area (Å²) in [5, 5.41) is 0. The van der Waals surface area contributed by atoms with Crippen molar-refractivity contribution in [2.24, 2.45) is 0 Å². The topological polar surface area (TPSA) is 0 Å². The van der Waals surface area contributed by atoms with Crippen LogP contribution < -0.4 is 0 Å². The van der Waals surface area contributed by atoms with Gasteiger partial charge < -0.3 is 51.2 Å². The van der Waals surface area contributed by atoms with Gasteiger partial charge in [0.05, 0.1) is 0 Å². The molecule has 0 aliphatic carbocycles. The summed E-state index contributed by atoms with van der Waals surface area (Å²) in [4.78, 5) is 0. The number of hydrogen-bond donors (Lipinski definition) is 0. The molecule has 0 bridgehead atoms. The van der Waals surface area contributed by atoms with Gasteiger partial charge in [-0.1, -0.05) is 0 Å². The fraction of sp³-hybridized carbons (Fsp3) is 0. The molecule has 0 heterocycles. The number of hydrogen-bond acceptors (Lipinski definition) is 0. The molecule has 0 aliphatic rings. The van der Waals surface area contributed by atoms with Crippen LogP contribution in [0.3, 0.4) is 0 Å². The zero-order valence-corrected chi connectivity index (χ0v) is 14.2. The van der Waals surface area contributed by atoms with Crippen LogP contribution in [0.4, 0.5) is 0 Å². The first kappa shape index (κ1) is 40.5. The summed E-state index contributed by atoms with van der Waals surface area (Å²) in [5.41, 5.74) is 0. The Kier molecular flexibility index (Phi) is 215. The molecule has 0 aliphatic heterocycles. The second-order valence-electron chi connectivity index (χ2n) is 0. The summed E-state index contributed by atoms with van der Waals surface area (Å²) >= 11 is 0. The molecule has 0 saturated carbocycles. The minimum Gasteiger partial charge on any atom is -2.00 e. The van der Waals surface area contributed by atoms with Crippen molar-refractivity contribution >= 4 is 103 Å². The maximum absolute atomic E-state index is 0. The first-order valence-corrected chi connectivity index (χ1v) is 0. The van der Waals surface area contributed by atoms with Crippen LogP contribution in [0.25, 0.3) is 0 Å². The average Bonchev–Trinajstić information content (AvgIpc) is 0. The molecule has 0 rings (SSSR count). The van der Waals surface area contributed by atoms with Gasteiger partial charge in [0.25, 0.3) is 0 Å². The molecule has 5 heavy (non-hydrogen) atoms. The second-order valence-corrected chi connectivity index (χ2v) is 0. The van der Waals surface area contributed by atoms with E-state index in [-0.39, 0.29) is 103 Å². The molecule has 0 aromatic rings. The molecule has 26 valence electrons. The van der Waals surface area contributed by atoms with E-state index in [0.717, 1.165) is 0 Å². The molecular formula is BiInSe3. The second kappa shape index (κ2) is 26.6. The van der Waals surface area contributed by atoms with Gasteiger partial charge >= 0.3 is 52.0 Å². The van der Waals surface area contributed by atoms with Gasteiger partial charge in [0.15, 0.2) is 0 Å². The van der Waals surface area contributed by atoms with Crippen LogP contribution in [0.1, 0.15) is 0 Å². The molecule has 0 aromatic heterocycles. The van der Waals surface area contributed by atoms with Crippen LogP contribution in [0.15, 0.2) is 0 Å². The van der Waals surface area contributed by atoms with Crippen molar-refractivity contribution in [3.8, 4) is 0 Å². The molecule has 0 spiro atoms. The molecule has 0 nitrogen and oxygen atoms in total. The maximum atomic E-state index is 0. The van der Waals surface area contributed by atoms with Crippen molar-refractivity contribution in [2.45, 2.75) is 0 Å². The van der Waals surface area contributed by atoms with Crippen molar-refractivity contribution in [1.29, 1.82) is 0 Å². The molecule has 0 amide bonds. The van der Waals surface area contributed by atoms with Gasteiger partial charge in [0.1, 0.15) is 0 Å². The first-order chi connectivity index (χ1) is 0. The Labute approximate surface area is 101 Å². The van der Waals surface area contributed by atoms with E-state index in [2.05, 4.69) is 0 Å². The van der Waals surface area contributed by atoms with Crippen molar-refractivity contribution in [1.82, 2.24) is 0 Å². The molecule has 5 heteroatoms. The summed E-state index contributed by atoms with van der Waals surface area (Å²) in [5.74, 6) is 0. The summed E-state index contributed by atoms with van der Waals surface area (Å²) in [6.07, 6.45) is 0. The smallest absolute Gasteiger partial charge is 2.00 e. The summed E-state index contributed by atoms with van der Waals surface area (Å²) in [6, 6.07) is 0. The molecule has 0 fully saturated rings. The summed E-state index contributed by atoms with van der Waals surface area (Å²) in [7, 11) is 0. The van der Waals surface area contributed by atoms with Crippen molar-refractivity contribution in [2.75, 3.05) is 0 Å². The van der Waals surface area contributed by atoms with Crippen LogP contribution >= 0.6 is 0 Å². The van der Waals surface area contributed by atoms with Gasteiger partial charge in [0.2, 0.25) is 0 Å². The van der Waals surface area contributed by atoms with E-state index in [1.165, 1.54) is 0 Å². The van der Waals surface area contributed by atoms with E-state index in [1.54, 1.807) is 0 Å². The Morgan fingerprint density at radius 2 is 0.600 bits per heavy atom. The van der Waals surface area contributed by atoms with Crippen LogP contribution in [0, 0.1) is 0 Å². The van der Waals surface area contributed by atoms with Crippen LogP contribution in [-0.4, -0.2) is 103 Å². The zero-order chi connectivity index (χ0) is 0. The quantitative estimate of drug-likeness (QED) is 0.304. The summed E-state index contributed by atoms with van der Waals surface area (Å²) in [6.45, 7) is 0. The molecule has 0 aromatic carbocycles. The fourth-order valence-corrected chi connectivity index (χ4v) is 0. The third-order valence-electron chi connectivity index (χ3n) is 0. The monoisotopic (exact) mass is 564 g/mol. The van der Waals surface area contributed by atoms with Gasteiger partial charge in [-0.15, -0.1) is 0 Å². The summed E-state index contributed by atoms with van der Waals surface area (Å²) < 4.78 is 0.